The minimum atomic E-state index is -3.62. The molecule has 7 heteroatoms. The van der Waals surface area contributed by atoms with E-state index in [9.17, 15) is 13.2 Å². The van der Waals surface area contributed by atoms with Crippen LogP contribution in [0.25, 0.3) is 0 Å². The monoisotopic (exact) mass is 335 g/mol. The number of amides is 1. The summed E-state index contributed by atoms with van der Waals surface area (Å²) >= 11 is 0. The summed E-state index contributed by atoms with van der Waals surface area (Å²) < 4.78 is 26.7. The molecule has 2 heterocycles. The molecule has 1 aromatic carbocycles. The van der Waals surface area contributed by atoms with Crippen molar-refractivity contribution in [2.24, 2.45) is 11.8 Å². The Hall–Kier alpha value is -1.70. The smallest absolute Gasteiger partial charge is 0.253 e. The molecule has 0 aromatic heterocycles. The molecule has 0 unspecified atom stereocenters. The summed E-state index contributed by atoms with van der Waals surface area (Å²) in [6, 6.07) is 6.21. The van der Waals surface area contributed by atoms with Crippen LogP contribution in [0.5, 0.6) is 0 Å². The Morgan fingerprint density at radius 1 is 1.35 bits per heavy atom. The van der Waals surface area contributed by atoms with E-state index in [2.05, 4.69) is 16.6 Å². The summed E-state index contributed by atoms with van der Waals surface area (Å²) in [6.07, 6.45) is 1.48. The summed E-state index contributed by atoms with van der Waals surface area (Å²) in [7, 11) is -3.62. The van der Waals surface area contributed by atoms with Crippen molar-refractivity contribution in [3.05, 3.63) is 42.5 Å². The van der Waals surface area contributed by atoms with Crippen molar-refractivity contribution in [1.82, 2.24) is 14.9 Å². The molecule has 1 amide bonds. The van der Waals surface area contributed by atoms with E-state index in [1.54, 1.807) is 12.1 Å². The number of rotatable bonds is 5. The second-order valence-corrected chi connectivity index (χ2v) is 7.82. The van der Waals surface area contributed by atoms with E-state index < -0.39 is 10.0 Å². The Kier molecular flexibility index (Phi) is 4.52. The maximum atomic E-state index is 12.6. The molecular formula is C16H21N3O3S. The van der Waals surface area contributed by atoms with Gasteiger partial charge in [0.15, 0.2) is 0 Å². The minimum absolute atomic E-state index is 0.0971. The summed E-state index contributed by atoms with van der Waals surface area (Å²) in [5.74, 6) is 0.931. The first-order valence-corrected chi connectivity index (χ1v) is 9.20. The van der Waals surface area contributed by atoms with E-state index in [-0.39, 0.29) is 17.3 Å². The molecule has 23 heavy (non-hydrogen) atoms. The third-order valence-electron chi connectivity index (χ3n) is 4.49. The average molecular weight is 335 g/mol. The molecule has 2 aliphatic heterocycles. The van der Waals surface area contributed by atoms with Crippen LogP contribution in [0.2, 0.25) is 0 Å². The van der Waals surface area contributed by atoms with Gasteiger partial charge in [0.2, 0.25) is 10.0 Å². The van der Waals surface area contributed by atoms with Gasteiger partial charge in [0.1, 0.15) is 0 Å². The summed E-state index contributed by atoms with van der Waals surface area (Å²) in [5, 5.41) is 3.34. The van der Waals surface area contributed by atoms with E-state index in [4.69, 9.17) is 0 Å². The molecule has 3 rings (SSSR count). The van der Waals surface area contributed by atoms with Crippen molar-refractivity contribution in [3.63, 3.8) is 0 Å². The van der Waals surface area contributed by atoms with Gasteiger partial charge in [-0.15, -0.1) is 6.58 Å². The van der Waals surface area contributed by atoms with Crippen molar-refractivity contribution in [1.29, 1.82) is 0 Å². The number of nitrogens with zero attached hydrogens (tertiary/aromatic N) is 1. The summed E-state index contributed by atoms with van der Waals surface area (Å²) in [4.78, 5) is 14.6. The molecule has 0 radical (unpaired) electrons. The Labute approximate surface area is 136 Å². The number of hydrogen-bond acceptors (Lipinski definition) is 4. The lowest BCUT2D eigenvalue weighted by Crippen LogP contribution is -2.32. The van der Waals surface area contributed by atoms with E-state index in [1.807, 2.05) is 4.90 Å². The zero-order chi connectivity index (χ0) is 16.4. The van der Waals surface area contributed by atoms with Crippen LogP contribution in [-0.2, 0) is 10.0 Å². The van der Waals surface area contributed by atoms with Gasteiger partial charge in [-0.3, -0.25) is 4.79 Å². The molecule has 0 saturated carbocycles. The van der Waals surface area contributed by atoms with Gasteiger partial charge in [0, 0.05) is 38.3 Å². The Bertz CT molecular complexity index is 705. The molecule has 124 valence electrons. The van der Waals surface area contributed by atoms with Crippen LogP contribution in [0.4, 0.5) is 0 Å². The lowest BCUT2D eigenvalue weighted by Gasteiger charge is -2.18. The van der Waals surface area contributed by atoms with Gasteiger partial charge in [-0.05, 0) is 30.0 Å². The summed E-state index contributed by atoms with van der Waals surface area (Å²) in [6.45, 7) is 7.03. The van der Waals surface area contributed by atoms with Gasteiger partial charge in [0.25, 0.3) is 5.91 Å². The number of nitrogens with one attached hydrogen (secondary N) is 2. The molecule has 6 nitrogen and oxygen atoms in total. The average Bonchev–Trinajstić information content (AvgIpc) is 3.14. The van der Waals surface area contributed by atoms with Gasteiger partial charge in [-0.25, -0.2) is 13.1 Å². The molecule has 0 bridgehead atoms. The van der Waals surface area contributed by atoms with Crippen LogP contribution in [0, 0.1) is 11.8 Å². The second-order valence-electron chi connectivity index (χ2n) is 6.06. The van der Waals surface area contributed by atoms with E-state index >= 15 is 0 Å². The first-order valence-electron chi connectivity index (χ1n) is 7.72. The SMILES string of the molecule is C=CCNS(=O)(=O)c1cccc(C(=O)N2C[C@H]3CNC[C@H]3C2)c1. The van der Waals surface area contributed by atoms with Gasteiger partial charge < -0.3 is 10.2 Å². The largest absolute Gasteiger partial charge is 0.338 e. The third-order valence-corrected chi connectivity index (χ3v) is 5.91. The Morgan fingerprint density at radius 3 is 2.70 bits per heavy atom. The molecule has 2 saturated heterocycles. The number of likely N-dealkylation sites (tertiary alicyclic amines) is 1. The highest BCUT2D eigenvalue weighted by atomic mass is 32.2. The van der Waals surface area contributed by atoms with Crippen LogP contribution < -0.4 is 10.0 Å². The molecule has 2 N–H and O–H groups in total. The first kappa shape index (κ1) is 16.2. The normalized spacial score (nSPS) is 23.7. The van der Waals surface area contributed by atoms with E-state index in [0.717, 1.165) is 26.2 Å². The van der Waals surface area contributed by atoms with Crippen LogP contribution in [0.1, 0.15) is 10.4 Å². The second kappa shape index (κ2) is 6.43. The maximum absolute atomic E-state index is 12.6. The molecular weight excluding hydrogens is 314 g/mol. The number of fused-ring (bicyclic) bond motifs is 1. The van der Waals surface area contributed by atoms with E-state index in [1.165, 1.54) is 18.2 Å². The lowest BCUT2D eigenvalue weighted by atomic mass is 10.0. The molecule has 0 aliphatic carbocycles. The molecule has 1 aromatic rings. The minimum Gasteiger partial charge on any atom is -0.338 e. The molecule has 0 spiro atoms. The lowest BCUT2D eigenvalue weighted by molar-refractivity contribution is 0.0781. The van der Waals surface area contributed by atoms with Gasteiger partial charge in [-0.2, -0.15) is 0 Å². The van der Waals surface area contributed by atoms with Crippen molar-refractivity contribution in [2.75, 3.05) is 32.7 Å². The highest BCUT2D eigenvalue weighted by Gasteiger charge is 2.38. The van der Waals surface area contributed by atoms with Gasteiger partial charge in [-0.1, -0.05) is 12.1 Å². The molecule has 2 atom stereocenters. The molecule has 2 aliphatic rings. The van der Waals surface area contributed by atoms with Crippen molar-refractivity contribution in [3.8, 4) is 0 Å². The summed E-state index contributed by atoms with van der Waals surface area (Å²) in [5.41, 5.74) is 0.416. The maximum Gasteiger partial charge on any atom is 0.253 e. The van der Waals surface area contributed by atoms with E-state index in [0.29, 0.717) is 17.4 Å². The fourth-order valence-electron chi connectivity index (χ4n) is 3.25. The number of hydrogen-bond donors (Lipinski definition) is 2. The van der Waals surface area contributed by atoms with Crippen molar-refractivity contribution in [2.45, 2.75) is 4.90 Å². The van der Waals surface area contributed by atoms with Crippen LogP contribution in [-0.4, -0.2) is 51.9 Å². The van der Waals surface area contributed by atoms with Crippen LogP contribution >= 0.6 is 0 Å². The highest BCUT2D eigenvalue weighted by molar-refractivity contribution is 7.89. The van der Waals surface area contributed by atoms with Gasteiger partial charge >= 0.3 is 0 Å². The van der Waals surface area contributed by atoms with Crippen molar-refractivity contribution >= 4 is 15.9 Å². The number of sulfonamides is 1. The number of carbonyl (C=O) groups excluding carboxylic acids is 1. The molecule has 2 fully saturated rings. The Morgan fingerprint density at radius 2 is 2.04 bits per heavy atom. The number of benzene rings is 1. The third kappa shape index (κ3) is 3.31. The fraction of sp³-hybridized carbons (Fsp3) is 0.438. The van der Waals surface area contributed by atoms with Crippen LogP contribution in [0.3, 0.4) is 0 Å². The zero-order valence-corrected chi connectivity index (χ0v) is 13.7. The van der Waals surface area contributed by atoms with Crippen LogP contribution in [0.15, 0.2) is 41.8 Å². The Balaban J connectivity index is 1.77. The van der Waals surface area contributed by atoms with Crippen molar-refractivity contribution < 1.29 is 13.2 Å². The highest BCUT2D eigenvalue weighted by Crippen LogP contribution is 2.27. The number of carbonyl (C=O) groups is 1. The zero-order valence-electron chi connectivity index (χ0n) is 12.9. The fourth-order valence-corrected chi connectivity index (χ4v) is 4.30. The van der Waals surface area contributed by atoms with Gasteiger partial charge in [0.05, 0.1) is 4.90 Å². The standard InChI is InChI=1S/C16H21N3O3S/c1-2-6-18-23(21,22)15-5-3-4-12(7-15)16(20)19-10-13-8-17-9-14(13)11-19/h2-5,7,13-14,17-18H,1,6,8-11H2/t13-,14+. The predicted molar refractivity (Wildman–Crippen MR) is 87.6 cm³/mol. The predicted octanol–water partition coefficient (Wildman–Crippen LogP) is 0.442. The first-order chi connectivity index (χ1) is 11.0. The topological polar surface area (TPSA) is 78.5 Å². The quantitative estimate of drug-likeness (QED) is 0.766.